The van der Waals surface area contributed by atoms with E-state index in [0.29, 0.717) is 26.4 Å². The highest BCUT2D eigenvalue weighted by Crippen LogP contribution is 2.18. The van der Waals surface area contributed by atoms with Crippen molar-refractivity contribution in [2.45, 2.75) is 26.1 Å². The van der Waals surface area contributed by atoms with Crippen LogP contribution in [0.15, 0.2) is 97.1 Å². The fourth-order valence-electron chi connectivity index (χ4n) is 3.50. The van der Waals surface area contributed by atoms with Crippen LogP contribution >= 0.6 is 0 Å². The van der Waals surface area contributed by atoms with Gasteiger partial charge in [-0.15, -0.1) is 0 Å². The minimum Gasteiger partial charge on any atom is -0.508 e. The lowest BCUT2D eigenvalue weighted by atomic mass is 10.1. The molecule has 0 aromatic heterocycles. The number of hydrogen-bond acceptors (Lipinski definition) is 5. The maximum atomic E-state index is 9.34. The van der Waals surface area contributed by atoms with Crippen LogP contribution in [0.25, 0.3) is 0 Å². The molecule has 0 amide bonds. The molecular weight excluding hydrogens is 440 g/mol. The average molecular weight is 471 g/mol. The van der Waals surface area contributed by atoms with Crippen molar-refractivity contribution in [3.63, 3.8) is 0 Å². The van der Waals surface area contributed by atoms with E-state index in [9.17, 15) is 10.2 Å². The van der Waals surface area contributed by atoms with Crippen LogP contribution in [0, 0.1) is 0 Å². The SMILES string of the molecule is Oc1ccc(COc2ccc(CCOCCc3ccc(OCc4ccc(O)cc4)cc3)cc2)cc1. The highest BCUT2D eigenvalue weighted by atomic mass is 16.5. The van der Waals surface area contributed by atoms with Gasteiger partial charge in [0.15, 0.2) is 0 Å². The first-order chi connectivity index (χ1) is 17.1. The maximum absolute atomic E-state index is 9.34. The summed E-state index contributed by atoms with van der Waals surface area (Å²) >= 11 is 0. The van der Waals surface area contributed by atoms with E-state index in [0.717, 1.165) is 35.5 Å². The molecule has 0 heterocycles. The Morgan fingerprint density at radius 3 is 1.14 bits per heavy atom. The lowest BCUT2D eigenvalue weighted by Crippen LogP contribution is -2.03. The minimum absolute atomic E-state index is 0.256. The Morgan fingerprint density at radius 1 is 0.429 bits per heavy atom. The largest absolute Gasteiger partial charge is 0.508 e. The highest BCUT2D eigenvalue weighted by Gasteiger charge is 2.01. The fraction of sp³-hybridized carbons (Fsp3) is 0.200. The van der Waals surface area contributed by atoms with Crippen molar-refractivity contribution in [1.82, 2.24) is 0 Å². The monoisotopic (exact) mass is 470 g/mol. The van der Waals surface area contributed by atoms with Crippen molar-refractivity contribution in [2.75, 3.05) is 13.2 Å². The first kappa shape index (κ1) is 24.2. The van der Waals surface area contributed by atoms with Gasteiger partial charge in [0.1, 0.15) is 36.2 Å². The van der Waals surface area contributed by atoms with E-state index in [2.05, 4.69) is 24.3 Å². The molecule has 4 aromatic rings. The van der Waals surface area contributed by atoms with Crippen molar-refractivity contribution in [1.29, 1.82) is 0 Å². The molecule has 5 heteroatoms. The quantitative estimate of drug-likeness (QED) is 0.247. The molecule has 0 aliphatic heterocycles. The zero-order chi connectivity index (χ0) is 24.3. The summed E-state index contributed by atoms with van der Waals surface area (Å²) < 4.78 is 17.4. The molecule has 35 heavy (non-hydrogen) atoms. The Morgan fingerprint density at radius 2 is 0.771 bits per heavy atom. The van der Waals surface area contributed by atoms with Crippen molar-refractivity contribution >= 4 is 0 Å². The Labute approximate surface area is 206 Å². The third kappa shape index (κ3) is 8.09. The Balaban J connectivity index is 1.10. The van der Waals surface area contributed by atoms with E-state index in [1.54, 1.807) is 24.3 Å². The lowest BCUT2D eigenvalue weighted by Gasteiger charge is -2.09. The number of rotatable bonds is 12. The third-order valence-electron chi connectivity index (χ3n) is 5.60. The molecule has 0 aliphatic rings. The summed E-state index contributed by atoms with van der Waals surface area (Å²) in [5.74, 6) is 2.15. The van der Waals surface area contributed by atoms with E-state index < -0.39 is 0 Å². The van der Waals surface area contributed by atoms with E-state index >= 15 is 0 Å². The van der Waals surface area contributed by atoms with Gasteiger partial charge in [-0.3, -0.25) is 0 Å². The summed E-state index contributed by atoms with van der Waals surface area (Å²) in [5, 5.41) is 18.7. The van der Waals surface area contributed by atoms with E-state index in [-0.39, 0.29) is 11.5 Å². The molecule has 0 radical (unpaired) electrons. The van der Waals surface area contributed by atoms with Gasteiger partial charge in [-0.25, -0.2) is 0 Å². The van der Waals surface area contributed by atoms with Crippen molar-refractivity contribution in [2.24, 2.45) is 0 Å². The Kier molecular flexibility index (Phi) is 8.63. The standard InChI is InChI=1S/C30H30O5/c31-27-9-1-25(2-10-27)21-34-29-13-5-23(6-14-29)17-19-33-20-18-24-7-15-30(16-8-24)35-22-26-3-11-28(32)12-4-26/h1-16,31-32H,17-22H2. The molecule has 0 unspecified atom stereocenters. The summed E-state index contributed by atoms with van der Waals surface area (Å²) in [4.78, 5) is 0. The highest BCUT2D eigenvalue weighted by molar-refractivity contribution is 5.30. The topological polar surface area (TPSA) is 68.2 Å². The summed E-state index contributed by atoms with van der Waals surface area (Å²) in [7, 11) is 0. The van der Waals surface area contributed by atoms with Crippen molar-refractivity contribution in [3.8, 4) is 23.0 Å². The second-order valence-corrected chi connectivity index (χ2v) is 8.31. The van der Waals surface area contributed by atoms with E-state index in [1.165, 1.54) is 11.1 Å². The van der Waals surface area contributed by atoms with Crippen LogP contribution in [0.5, 0.6) is 23.0 Å². The molecule has 2 N–H and O–H groups in total. The molecule has 4 rings (SSSR count). The van der Waals surface area contributed by atoms with Crippen LogP contribution in [0.2, 0.25) is 0 Å². The van der Waals surface area contributed by atoms with Gasteiger partial charge in [-0.2, -0.15) is 0 Å². The first-order valence-electron chi connectivity index (χ1n) is 11.7. The third-order valence-corrected chi connectivity index (χ3v) is 5.60. The number of hydrogen-bond donors (Lipinski definition) is 2. The van der Waals surface area contributed by atoms with Gasteiger partial charge in [0.05, 0.1) is 13.2 Å². The van der Waals surface area contributed by atoms with Gasteiger partial charge in [-0.05, 0) is 83.6 Å². The first-order valence-corrected chi connectivity index (χ1v) is 11.7. The van der Waals surface area contributed by atoms with Gasteiger partial charge in [0.25, 0.3) is 0 Å². The molecule has 5 nitrogen and oxygen atoms in total. The zero-order valence-electron chi connectivity index (χ0n) is 19.6. The predicted octanol–water partition coefficient (Wildman–Crippen LogP) is 6.06. The van der Waals surface area contributed by atoms with Crippen LogP contribution in [-0.2, 0) is 30.8 Å². The number of aromatic hydroxyl groups is 2. The second kappa shape index (κ2) is 12.5. The van der Waals surface area contributed by atoms with Crippen LogP contribution in [0.4, 0.5) is 0 Å². The normalized spacial score (nSPS) is 10.7. The molecule has 0 aliphatic carbocycles. The van der Waals surface area contributed by atoms with Crippen LogP contribution in [-0.4, -0.2) is 23.4 Å². The number of phenolic OH excluding ortho intramolecular Hbond substituents is 2. The minimum atomic E-state index is 0.256. The molecule has 0 saturated carbocycles. The second-order valence-electron chi connectivity index (χ2n) is 8.31. The Bertz CT molecular complexity index is 1060. The smallest absolute Gasteiger partial charge is 0.119 e. The number of ether oxygens (including phenoxy) is 3. The van der Waals surface area contributed by atoms with Crippen LogP contribution in [0.3, 0.4) is 0 Å². The van der Waals surface area contributed by atoms with Gasteiger partial charge < -0.3 is 24.4 Å². The summed E-state index contributed by atoms with van der Waals surface area (Å²) in [6.45, 7) is 2.27. The van der Waals surface area contributed by atoms with E-state index in [1.807, 2.05) is 48.5 Å². The molecule has 0 saturated heterocycles. The lowest BCUT2D eigenvalue weighted by molar-refractivity contribution is 0.140. The van der Waals surface area contributed by atoms with Crippen LogP contribution in [0.1, 0.15) is 22.3 Å². The average Bonchev–Trinajstić information content (AvgIpc) is 2.89. The molecular formula is C30H30O5. The molecule has 0 bridgehead atoms. The van der Waals surface area contributed by atoms with Gasteiger partial charge >= 0.3 is 0 Å². The Hall–Kier alpha value is -3.96. The molecule has 0 atom stereocenters. The van der Waals surface area contributed by atoms with Gasteiger partial charge in [0.2, 0.25) is 0 Å². The molecule has 0 fully saturated rings. The van der Waals surface area contributed by atoms with E-state index in [4.69, 9.17) is 14.2 Å². The van der Waals surface area contributed by atoms with Crippen molar-refractivity contribution < 1.29 is 24.4 Å². The molecule has 0 spiro atoms. The maximum Gasteiger partial charge on any atom is 0.119 e. The van der Waals surface area contributed by atoms with Gasteiger partial charge in [0, 0.05) is 0 Å². The van der Waals surface area contributed by atoms with Crippen LogP contribution < -0.4 is 9.47 Å². The summed E-state index contributed by atoms with van der Waals surface area (Å²) in [6, 6.07) is 30.2. The fourth-order valence-corrected chi connectivity index (χ4v) is 3.50. The van der Waals surface area contributed by atoms with Crippen molar-refractivity contribution in [3.05, 3.63) is 119 Å². The molecule has 4 aromatic carbocycles. The number of phenols is 2. The number of benzene rings is 4. The van der Waals surface area contributed by atoms with Gasteiger partial charge in [-0.1, -0.05) is 48.5 Å². The zero-order valence-corrected chi connectivity index (χ0v) is 19.6. The summed E-state index contributed by atoms with van der Waals surface area (Å²) in [6.07, 6.45) is 1.70. The predicted molar refractivity (Wildman–Crippen MR) is 136 cm³/mol. The molecule has 180 valence electrons. The summed E-state index contributed by atoms with van der Waals surface area (Å²) in [5.41, 5.74) is 4.43.